The predicted molar refractivity (Wildman–Crippen MR) is 90.6 cm³/mol. The van der Waals surface area contributed by atoms with Crippen molar-refractivity contribution in [2.24, 2.45) is 7.05 Å². The van der Waals surface area contributed by atoms with E-state index in [-0.39, 0.29) is 10.9 Å². The van der Waals surface area contributed by atoms with Gasteiger partial charge >= 0.3 is 0 Å². The molecule has 0 bridgehead atoms. The van der Waals surface area contributed by atoms with Gasteiger partial charge in [0.25, 0.3) is 0 Å². The second-order valence-electron chi connectivity index (χ2n) is 5.78. The molecule has 6 nitrogen and oxygen atoms in total. The highest BCUT2D eigenvalue weighted by atomic mass is 32.2. The summed E-state index contributed by atoms with van der Waals surface area (Å²) in [5.74, 6) is 0. The van der Waals surface area contributed by atoms with Crippen LogP contribution in [0.5, 0.6) is 0 Å². The molecule has 0 spiro atoms. The first kappa shape index (κ1) is 17.7. The molecular formula is C16H24N4O2S. The number of hydrogen-bond donors (Lipinski definition) is 1. The van der Waals surface area contributed by atoms with Crippen LogP contribution in [0, 0.1) is 0 Å². The highest BCUT2D eigenvalue weighted by Gasteiger charge is 2.20. The normalized spacial score (nSPS) is 13.4. The largest absolute Gasteiger partial charge is 0.301 e. The lowest BCUT2D eigenvalue weighted by atomic mass is 10.0. The fourth-order valence-electron chi connectivity index (χ4n) is 2.38. The Morgan fingerprint density at radius 3 is 2.39 bits per heavy atom. The van der Waals surface area contributed by atoms with Crippen LogP contribution >= 0.6 is 0 Å². The molecule has 7 heteroatoms. The number of hydrogen-bond acceptors (Lipinski definition) is 4. The zero-order valence-electron chi connectivity index (χ0n) is 14.0. The number of nitrogens with one attached hydrogen (secondary N) is 1. The summed E-state index contributed by atoms with van der Waals surface area (Å²) in [4.78, 5) is 2.19. The Morgan fingerprint density at radius 1 is 1.26 bits per heavy atom. The fraction of sp³-hybridized carbons (Fsp3) is 0.438. The van der Waals surface area contributed by atoms with Gasteiger partial charge in [0.15, 0.2) is 0 Å². The van der Waals surface area contributed by atoms with Gasteiger partial charge in [0.2, 0.25) is 10.0 Å². The van der Waals surface area contributed by atoms with Crippen molar-refractivity contribution in [3.05, 3.63) is 47.8 Å². The van der Waals surface area contributed by atoms with Gasteiger partial charge in [0, 0.05) is 25.8 Å². The molecule has 1 N–H and O–H groups in total. The fourth-order valence-corrected chi connectivity index (χ4v) is 3.40. The quantitative estimate of drug-likeness (QED) is 0.833. The van der Waals surface area contributed by atoms with Crippen molar-refractivity contribution in [2.75, 3.05) is 20.6 Å². The van der Waals surface area contributed by atoms with Crippen LogP contribution in [0.2, 0.25) is 0 Å². The van der Waals surface area contributed by atoms with E-state index < -0.39 is 10.0 Å². The predicted octanol–water partition coefficient (Wildman–Crippen LogP) is 1.56. The summed E-state index contributed by atoms with van der Waals surface area (Å²) in [6.07, 6.45) is 3.83. The van der Waals surface area contributed by atoms with Crippen molar-refractivity contribution in [3.8, 4) is 0 Å². The van der Waals surface area contributed by atoms with E-state index in [9.17, 15) is 8.42 Å². The van der Waals surface area contributed by atoms with E-state index in [1.165, 1.54) is 22.6 Å². The maximum Gasteiger partial charge on any atom is 0.243 e. The molecule has 1 aromatic carbocycles. The third kappa shape index (κ3) is 4.40. The van der Waals surface area contributed by atoms with Gasteiger partial charge in [0.1, 0.15) is 4.90 Å². The van der Waals surface area contributed by atoms with Crippen LogP contribution in [0.25, 0.3) is 0 Å². The first-order chi connectivity index (χ1) is 10.8. The number of sulfonamides is 1. The minimum Gasteiger partial charge on any atom is -0.301 e. The molecule has 0 saturated carbocycles. The average Bonchev–Trinajstić information content (AvgIpc) is 2.95. The van der Waals surface area contributed by atoms with E-state index >= 15 is 0 Å². The summed E-state index contributed by atoms with van der Waals surface area (Å²) < 4.78 is 28.8. The van der Waals surface area contributed by atoms with E-state index in [0.29, 0.717) is 6.54 Å². The topological polar surface area (TPSA) is 67.2 Å². The molecule has 1 aromatic heterocycles. The molecule has 23 heavy (non-hydrogen) atoms. The van der Waals surface area contributed by atoms with E-state index in [1.54, 1.807) is 7.05 Å². The zero-order valence-corrected chi connectivity index (χ0v) is 14.8. The van der Waals surface area contributed by atoms with Crippen molar-refractivity contribution in [1.29, 1.82) is 0 Å². The van der Waals surface area contributed by atoms with Gasteiger partial charge in [-0.2, -0.15) is 5.10 Å². The van der Waals surface area contributed by atoms with E-state index in [2.05, 4.69) is 41.0 Å². The van der Waals surface area contributed by atoms with Crippen LogP contribution in [0.1, 0.15) is 24.1 Å². The van der Waals surface area contributed by atoms with Crippen LogP contribution in [0.15, 0.2) is 41.6 Å². The Hall–Kier alpha value is -1.70. The van der Waals surface area contributed by atoms with Crippen LogP contribution in [0.4, 0.5) is 0 Å². The lowest BCUT2D eigenvalue weighted by Crippen LogP contribution is -2.34. The van der Waals surface area contributed by atoms with Crippen LogP contribution < -0.4 is 4.72 Å². The maximum absolute atomic E-state index is 12.3. The molecule has 0 amide bonds. The zero-order chi connectivity index (χ0) is 17.0. The number of likely N-dealkylation sites (N-methyl/N-ethyl adjacent to an activating group) is 1. The second kappa shape index (κ2) is 7.25. The summed E-state index contributed by atoms with van der Waals surface area (Å²) in [5, 5.41) is 3.91. The van der Waals surface area contributed by atoms with Crippen molar-refractivity contribution >= 4 is 10.0 Å². The van der Waals surface area contributed by atoms with Crippen molar-refractivity contribution in [1.82, 2.24) is 19.4 Å². The van der Waals surface area contributed by atoms with E-state index in [0.717, 1.165) is 12.0 Å². The summed E-state index contributed by atoms with van der Waals surface area (Å²) in [6.45, 7) is 2.41. The molecule has 2 aromatic rings. The lowest BCUT2D eigenvalue weighted by molar-refractivity contribution is 0.299. The summed E-state index contributed by atoms with van der Waals surface area (Å²) >= 11 is 0. The standard InChI is InChI=1S/C16H24N4O2S/c1-5-13-6-8-14(9-7-13)16(19(2)3)11-18-23(21,22)15-10-17-20(4)12-15/h6-10,12,16,18H,5,11H2,1-4H3/t16-/m1/s1. The molecule has 0 saturated heterocycles. The van der Waals surface area contributed by atoms with Gasteiger partial charge in [-0.1, -0.05) is 31.2 Å². The third-order valence-corrected chi connectivity index (χ3v) is 5.23. The van der Waals surface area contributed by atoms with E-state index in [4.69, 9.17) is 0 Å². The van der Waals surface area contributed by atoms with Gasteiger partial charge in [-0.15, -0.1) is 0 Å². The molecule has 0 aliphatic heterocycles. The van der Waals surface area contributed by atoms with E-state index in [1.807, 2.05) is 19.0 Å². The minimum atomic E-state index is -3.55. The first-order valence-corrected chi connectivity index (χ1v) is 9.05. The smallest absolute Gasteiger partial charge is 0.243 e. The summed E-state index contributed by atoms with van der Waals surface area (Å²) in [7, 11) is 2.03. The SMILES string of the molecule is CCc1ccc([C@@H](CNS(=O)(=O)c2cnn(C)c2)N(C)C)cc1. The van der Waals surface area contributed by atoms with Gasteiger partial charge in [-0.3, -0.25) is 4.68 Å². The lowest BCUT2D eigenvalue weighted by Gasteiger charge is -2.25. The molecule has 2 rings (SSSR count). The Morgan fingerprint density at radius 2 is 1.91 bits per heavy atom. The molecular weight excluding hydrogens is 312 g/mol. The monoisotopic (exact) mass is 336 g/mol. The Balaban J connectivity index is 2.13. The molecule has 0 aliphatic carbocycles. The second-order valence-corrected chi connectivity index (χ2v) is 7.54. The minimum absolute atomic E-state index is 0.0349. The summed E-state index contributed by atoms with van der Waals surface area (Å²) in [5.41, 5.74) is 2.35. The van der Waals surface area contributed by atoms with Crippen LogP contribution in [-0.4, -0.2) is 43.7 Å². The van der Waals surface area contributed by atoms with Gasteiger partial charge in [-0.25, -0.2) is 13.1 Å². The highest BCUT2D eigenvalue weighted by Crippen LogP contribution is 2.19. The molecule has 0 fully saturated rings. The van der Waals surface area contributed by atoms with Crippen LogP contribution in [0.3, 0.4) is 0 Å². The first-order valence-electron chi connectivity index (χ1n) is 7.57. The average molecular weight is 336 g/mol. The van der Waals surface area contributed by atoms with Crippen molar-refractivity contribution < 1.29 is 8.42 Å². The Labute approximate surface area is 138 Å². The number of aromatic nitrogens is 2. The van der Waals surface area contributed by atoms with Crippen molar-refractivity contribution in [2.45, 2.75) is 24.3 Å². The molecule has 0 radical (unpaired) electrons. The molecule has 0 unspecified atom stereocenters. The van der Waals surface area contributed by atoms with Gasteiger partial charge in [0.05, 0.1) is 6.20 Å². The van der Waals surface area contributed by atoms with Crippen molar-refractivity contribution in [3.63, 3.8) is 0 Å². The molecule has 1 atom stereocenters. The number of rotatable bonds is 7. The summed E-state index contributed by atoms with van der Waals surface area (Å²) in [6, 6.07) is 8.25. The number of aryl methyl sites for hydroxylation is 2. The Bertz CT molecular complexity index is 736. The maximum atomic E-state index is 12.3. The van der Waals surface area contributed by atoms with Gasteiger partial charge < -0.3 is 4.90 Å². The van der Waals surface area contributed by atoms with Gasteiger partial charge in [-0.05, 0) is 31.6 Å². The molecule has 0 aliphatic rings. The Kier molecular flexibility index (Phi) is 5.56. The van der Waals surface area contributed by atoms with Crippen LogP contribution in [-0.2, 0) is 23.5 Å². The number of benzene rings is 1. The third-order valence-electron chi connectivity index (χ3n) is 3.85. The molecule has 1 heterocycles. The molecule has 126 valence electrons. The highest BCUT2D eigenvalue weighted by molar-refractivity contribution is 7.89. The number of nitrogens with zero attached hydrogens (tertiary/aromatic N) is 3.